The van der Waals surface area contributed by atoms with Gasteiger partial charge < -0.3 is 9.84 Å². The first-order valence-electron chi connectivity index (χ1n) is 8.28. The van der Waals surface area contributed by atoms with Gasteiger partial charge in [0.15, 0.2) is 0 Å². The summed E-state index contributed by atoms with van der Waals surface area (Å²) < 4.78 is 4.59. The van der Waals surface area contributed by atoms with E-state index in [0.717, 1.165) is 19.3 Å². The summed E-state index contributed by atoms with van der Waals surface area (Å²) in [7, 11) is 1.32. The maximum atomic E-state index is 12.0. The third kappa shape index (κ3) is 5.87. The van der Waals surface area contributed by atoms with Gasteiger partial charge >= 0.3 is 5.97 Å². The van der Waals surface area contributed by atoms with Gasteiger partial charge in [0, 0.05) is 31.6 Å². The lowest BCUT2D eigenvalue weighted by molar-refractivity contribution is -0.141. The lowest BCUT2D eigenvalue weighted by Gasteiger charge is -2.20. The number of unbranched alkanes of at least 4 members (excludes halogenated alkanes) is 2. The van der Waals surface area contributed by atoms with Crippen LogP contribution in [-0.2, 0) is 19.1 Å². The SMILES string of the molecule is CCCCCC(=O)CCC1C(O)CC(=O)C1CCC(=O)OC. The highest BCUT2D eigenvalue weighted by molar-refractivity contribution is 5.85. The molecular formula is C17H28O5. The molecule has 1 aliphatic carbocycles. The van der Waals surface area contributed by atoms with E-state index in [-0.39, 0.29) is 42.2 Å². The van der Waals surface area contributed by atoms with Crippen molar-refractivity contribution >= 4 is 17.5 Å². The Balaban J connectivity index is 2.45. The highest BCUT2D eigenvalue weighted by atomic mass is 16.5. The molecule has 0 aliphatic heterocycles. The average Bonchev–Trinajstić information content (AvgIpc) is 2.76. The Kier molecular flexibility index (Phi) is 8.31. The molecular weight excluding hydrogens is 284 g/mol. The summed E-state index contributed by atoms with van der Waals surface area (Å²) in [5.41, 5.74) is 0. The predicted molar refractivity (Wildman–Crippen MR) is 82.2 cm³/mol. The van der Waals surface area contributed by atoms with Crippen molar-refractivity contribution in [3.8, 4) is 0 Å². The molecule has 0 bridgehead atoms. The first kappa shape index (κ1) is 18.8. The monoisotopic (exact) mass is 312 g/mol. The van der Waals surface area contributed by atoms with Crippen molar-refractivity contribution in [1.29, 1.82) is 0 Å². The molecule has 1 aliphatic rings. The highest BCUT2D eigenvalue weighted by Crippen LogP contribution is 2.36. The number of Topliss-reactive ketones (excluding diaryl/α,β-unsaturated/α-hetero) is 2. The van der Waals surface area contributed by atoms with E-state index in [1.165, 1.54) is 7.11 Å². The normalized spacial score (nSPS) is 24.5. The Bertz CT molecular complexity index is 391. The quantitative estimate of drug-likeness (QED) is 0.495. The molecule has 5 nitrogen and oxygen atoms in total. The third-order valence-electron chi connectivity index (χ3n) is 4.54. The molecule has 3 unspecified atom stereocenters. The summed E-state index contributed by atoms with van der Waals surface area (Å²) >= 11 is 0. The van der Waals surface area contributed by atoms with Crippen LogP contribution >= 0.6 is 0 Å². The number of ether oxygens (including phenoxy) is 1. The minimum atomic E-state index is -0.682. The van der Waals surface area contributed by atoms with Gasteiger partial charge in [-0.2, -0.15) is 0 Å². The van der Waals surface area contributed by atoms with E-state index in [9.17, 15) is 19.5 Å². The summed E-state index contributed by atoms with van der Waals surface area (Å²) in [5, 5.41) is 10.0. The fourth-order valence-electron chi connectivity index (χ4n) is 3.18. The van der Waals surface area contributed by atoms with Crippen molar-refractivity contribution in [1.82, 2.24) is 0 Å². The van der Waals surface area contributed by atoms with Crippen LogP contribution in [0.15, 0.2) is 0 Å². The molecule has 3 atom stereocenters. The number of rotatable bonds is 10. The molecule has 0 radical (unpaired) electrons. The van der Waals surface area contributed by atoms with E-state index >= 15 is 0 Å². The van der Waals surface area contributed by atoms with Crippen molar-refractivity contribution in [2.45, 2.75) is 70.8 Å². The molecule has 0 aromatic carbocycles. The number of hydrogen-bond donors (Lipinski definition) is 1. The number of carbonyl (C=O) groups is 3. The van der Waals surface area contributed by atoms with Gasteiger partial charge in [-0.05, 0) is 25.2 Å². The number of carbonyl (C=O) groups excluding carboxylic acids is 3. The Hall–Kier alpha value is -1.23. The Morgan fingerprint density at radius 1 is 1.18 bits per heavy atom. The van der Waals surface area contributed by atoms with Crippen molar-refractivity contribution in [3.63, 3.8) is 0 Å². The van der Waals surface area contributed by atoms with E-state index in [0.29, 0.717) is 25.7 Å². The summed E-state index contributed by atoms with van der Waals surface area (Å²) in [6.07, 6.45) is 4.61. The van der Waals surface area contributed by atoms with E-state index in [1.807, 2.05) is 0 Å². The van der Waals surface area contributed by atoms with E-state index in [4.69, 9.17) is 0 Å². The zero-order chi connectivity index (χ0) is 16.5. The smallest absolute Gasteiger partial charge is 0.305 e. The highest BCUT2D eigenvalue weighted by Gasteiger charge is 2.41. The lowest BCUT2D eigenvalue weighted by Crippen LogP contribution is -2.22. The van der Waals surface area contributed by atoms with Crippen LogP contribution in [0.2, 0.25) is 0 Å². The van der Waals surface area contributed by atoms with E-state index in [1.54, 1.807) is 0 Å². The molecule has 0 amide bonds. The molecule has 0 aromatic heterocycles. The summed E-state index contributed by atoms with van der Waals surface area (Å²) in [6.45, 7) is 2.09. The van der Waals surface area contributed by atoms with Crippen molar-refractivity contribution in [2.75, 3.05) is 7.11 Å². The summed E-state index contributed by atoms with van der Waals surface area (Å²) in [6, 6.07) is 0. The minimum absolute atomic E-state index is 0.000153. The third-order valence-corrected chi connectivity index (χ3v) is 4.54. The number of methoxy groups -OCH3 is 1. The predicted octanol–water partition coefficient (Wildman–Crippen LogP) is 2.44. The number of hydrogen-bond acceptors (Lipinski definition) is 5. The second-order valence-electron chi connectivity index (χ2n) is 6.16. The minimum Gasteiger partial charge on any atom is -0.469 e. The first-order chi connectivity index (χ1) is 10.5. The van der Waals surface area contributed by atoms with Crippen LogP contribution in [0, 0.1) is 11.8 Å². The van der Waals surface area contributed by atoms with Crippen LogP contribution in [0.25, 0.3) is 0 Å². The molecule has 0 spiro atoms. The van der Waals surface area contributed by atoms with Gasteiger partial charge in [-0.15, -0.1) is 0 Å². The van der Waals surface area contributed by atoms with Gasteiger partial charge in [0.2, 0.25) is 0 Å². The topological polar surface area (TPSA) is 80.7 Å². The maximum Gasteiger partial charge on any atom is 0.305 e. The van der Waals surface area contributed by atoms with Gasteiger partial charge in [-0.3, -0.25) is 14.4 Å². The fraction of sp³-hybridized carbons (Fsp3) is 0.824. The number of aliphatic hydroxyl groups excluding tert-OH is 1. The van der Waals surface area contributed by atoms with Crippen LogP contribution < -0.4 is 0 Å². The maximum absolute atomic E-state index is 12.0. The van der Waals surface area contributed by atoms with Crippen LogP contribution in [0.4, 0.5) is 0 Å². The standard InChI is InChI=1S/C17H28O5/c1-3-4-5-6-12(18)7-8-13-14(9-10-17(21)22-2)16(20)11-15(13)19/h13-15,19H,3-11H2,1-2H3. The molecule has 1 rings (SSSR count). The molecule has 5 heteroatoms. The zero-order valence-corrected chi connectivity index (χ0v) is 13.7. The van der Waals surface area contributed by atoms with Crippen molar-refractivity contribution in [2.24, 2.45) is 11.8 Å². The summed E-state index contributed by atoms with van der Waals surface area (Å²) in [5.74, 6) is -0.667. The molecule has 1 saturated carbocycles. The number of aliphatic hydroxyl groups is 1. The molecule has 0 saturated heterocycles. The van der Waals surface area contributed by atoms with Gasteiger partial charge in [0.05, 0.1) is 13.2 Å². The van der Waals surface area contributed by atoms with Gasteiger partial charge in [0.25, 0.3) is 0 Å². The Labute approximate surface area is 132 Å². The lowest BCUT2D eigenvalue weighted by atomic mass is 9.85. The molecule has 1 N–H and O–H groups in total. The van der Waals surface area contributed by atoms with Crippen LogP contribution in [0.5, 0.6) is 0 Å². The molecule has 1 fully saturated rings. The number of ketones is 2. The molecule has 0 heterocycles. The fourth-order valence-corrected chi connectivity index (χ4v) is 3.18. The van der Waals surface area contributed by atoms with E-state index < -0.39 is 6.10 Å². The molecule has 0 aromatic rings. The summed E-state index contributed by atoms with van der Waals surface area (Å²) in [4.78, 5) is 35.0. The molecule has 22 heavy (non-hydrogen) atoms. The first-order valence-corrected chi connectivity index (χ1v) is 8.28. The Morgan fingerprint density at radius 3 is 2.55 bits per heavy atom. The van der Waals surface area contributed by atoms with Crippen LogP contribution in [-0.4, -0.2) is 35.9 Å². The largest absolute Gasteiger partial charge is 0.469 e. The average molecular weight is 312 g/mol. The Morgan fingerprint density at radius 2 is 1.91 bits per heavy atom. The molecule has 126 valence electrons. The van der Waals surface area contributed by atoms with Crippen molar-refractivity contribution < 1.29 is 24.2 Å². The van der Waals surface area contributed by atoms with Gasteiger partial charge in [-0.25, -0.2) is 0 Å². The van der Waals surface area contributed by atoms with Gasteiger partial charge in [-0.1, -0.05) is 19.8 Å². The second kappa shape index (κ2) is 9.72. The van der Waals surface area contributed by atoms with Crippen LogP contribution in [0.1, 0.15) is 64.7 Å². The number of esters is 1. The van der Waals surface area contributed by atoms with Crippen molar-refractivity contribution in [3.05, 3.63) is 0 Å². The van der Waals surface area contributed by atoms with Gasteiger partial charge in [0.1, 0.15) is 11.6 Å². The van der Waals surface area contributed by atoms with Crippen LogP contribution in [0.3, 0.4) is 0 Å². The second-order valence-corrected chi connectivity index (χ2v) is 6.16. The zero-order valence-electron chi connectivity index (χ0n) is 13.7. The van der Waals surface area contributed by atoms with E-state index in [2.05, 4.69) is 11.7 Å².